The molecule has 0 aliphatic carbocycles. The summed E-state index contributed by atoms with van der Waals surface area (Å²) < 4.78 is 1.78. The summed E-state index contributed by atoms with van der Waals surface area (Å²) in [4.78, 5) is 11.6. The van der Waals surface area contributed by atoms with Crippen LogP contribution in [0.25, 0.3) is 9.40 Å². The fourth-order valence-electron chi connectivity index (χ4n) is 1.04. The summed E-state index contributed by atoms with van der Waals surface area (Å²) in [5.74, 6) is -0.270. The molecule has 2 heterocycles. The van der Waals surface area contributed by atoms with E-state index in [-0.39, 0.29) is 10.8 Å². The van der Waals surface area contributed by atoms with Gasteiger partial charge in [0.2, 0.25) is 0 Å². The van der Waals surface area contributed by atoms with Crippen LogP contribution in [0.2, 0.25) is 0 Å². The second kappa shape index (κ2) is 3.10. The highest BCUT2D eigenvalue weighted by Crippen LogP contribution is 2.36. The summed E-state index contributed by atoms with van der Waals surface area (Å²) >= 11 is 2.52. The Labute approximate surface area is 81.9 Å². The Kier molecular flexibility index (Phi) is 2.07. The molecule has 0 unspecified atom stereocenters. The lowest BCUT2D eigenvalue weighted by Gasteiger charge is -1.87. The molecule has 5 heteroatoms. The molecule has 3 nitrogen and oxygen atoms in total. The second-order valence-electron chi connectivity index (χ2n) is 2.51. The molecule has 2 aromatic rings. The summed E-state index contributed by atoms with van der Waals surface area (Å²) in [5, 5.41) is 18.0. The minimum atomic E-state index is -0.459. The smallest absolute Gasteiger partial charge is 0.198 e. The van der Waals surface area contributed by atoms with Crippen LogP contribution < -0.4 is 0 Å². The number of rotatable bonds is 2. The van der Waals surface area contributed by atoms with Gasteiger partial charge in [0.15, 0.2) is 10.8 Å². The molecule has 0 saturated heterocycles. The normalized spacial score (nSPS) is 10.8. The number of ketones is 1. The lowest BCUT2D eigenvalue weighted by molar-refractivity contribution is 0.0908. The largest absolute Gasteiger partial charge is 0.499 e. The van der Waals surface area contributed by atoms with Gasteiger partial charge in [0, 0.05) is 15.5 Å². The molecule has 0 radical (unpaired) electrons. The molecule has 0 bridgehead atoms. The van der Waals surface area contributed by atoms with Gasteiger partial charge in [-0.25, -0.2) is 0 Å². The third-order valence-electron chi connectivity index (χ3n) is 1.61. The molecule has 0 saturated carbocycles. The highest BCUT2D eigenvalue weighted by Gasteiger charge is 2.11. The highest BCUT2D eigenvalue weighted by molar-refractivity contribution is 7.29. The van der Waals surface area contributed by atoms with Crippen LogP contribution in [0.5, 0.6) is 5.06 Å². The van der Waals surface area contributed by atoms with Crippen molar-refractivity contribution in [2.45, 2.75) is 0 Å². The number of carbonyl (C=O) groups is 1. The van der Waals surface area contributed by atoms with Gasteiger partial charge in [0.05, 0.1) is 4.88 Å². The Morgan fingerprint density at radius 3 is 2.62 bits per heavy atom. The number of Topliss-reactive ketones (excluding diaryl/α,β-unsaturated/α-hetero) is 1. The Morgan fingerprint density at radius 1 is 1.31 bits per heavy atom. The van der Waals surface area contributed by atoms with Gasteiger partial charge in [0.1, 0.15) is 6.61 Å². The Bertz CT molecular complexity index is 423. The number of carbonyl (C=O) groups excluding carboxylic acids is 1. The van der Waals surface area contributed by atoms with Gasteiger partial charge in [-0.3, -0.25) is 4.79 Å². The van der Waals surface area contributed by atoms with Gasteiger partial charge in [0.25, 0.3) is 0 Å². The molecule has 0 aliphatic heterocycles. The van der Waals surface area contributed by atoms with E-state index in [9.17, 15) is 4.79 Å². The van der Waals surface area contributed by atoms with E-state index in [4.69, 9.17) is 10.2 Å². The van der Waals surface area contributed by atoms with Gasteiger partial charge >= 0.3 is 0 Å². The first kappa shape index (κ1) is 8.68. The SMILES string of the molecule is O=C(CO)c1cc2sc(O)cc2s1. The third-order valence-corrected chi connectivity index (χ3v) is 3.75. The van der Waals surface area contributed by atoms with E-state index in [1.54, 1.807) is 12.1 Å². The third kappa shape index (κ3) is 1.46. The monoisotopic (exact) mass is 214 g/mol. The van der Waals surface area contributed by atoms with Crippen LogP contribution in [-0.2, 0) is 0 Å². The standard InChI is InChI=1S/C8H6O3S2/c9-3-4(10)5-1-6-7(12-5)2-8(11)13-6/h1-2,9,11H,3H2. The van der Waals surface area contributed by atoms with Crippen LogP contribution in [0.3, 0.4) is 0 Å². The van der Waals surface area contributed by atoms with Crippen molar-refractivity contribution in [2.75, 3.05) is 6.61 Å². The Morgan fingerprint density at radius 2 is 2.00 bits per heavy atom. The Balaban J connectivity index is 2.51. The van der Waals surface area contributed by atoms with E-state index in [1.807, 2.05) is 0 Å². The van der Waals surface area contributed by atoms with E-state index in [0.29, 0.717) is 4.88 Å². The van der Waals surface area contributed by atoms with Gasteiger partial charge < -0.3 is 10.2 Å². The van der Waals surface area contributed by atoms with Gasteiger partial charge in [-0.15, -0.1) is 11.3 Å². The average molecular weight is 214 g/mol. The zero-order valence-corrected chi connectivity index (χ0v) is 8.11. The van der Waals surface area contributed by atoms with Crippen molar-refractivity contribution in [3.63, 3.8) is 0 Å². The summed E-state index contributed by atoms with van der Waals surface area (Å²) in [6.07, 6.45) is 0. The first-order valence-electron chi connectivity index (χ1n) is 3.57. The number of aliphatic hydroxyl groups excluding tert-OH is 1. The molecule has 0 atom stereocenters. The van der Waals surface area contributed by atoms with E-state index in [1.165, 1.54) is 22.7 Å². The van der Waals surface area contributed by atoms with E-state index in [2.05, 4.69) is 0 Å². The Hall–Kier alpha value is -0.910. The molecule has 2 rings (SSSR count). The molecular weight excluding hydrogens is 208 g/mol. The van der Waals surface area contributed by atoms with Crippen molar-refractivity contribution in [3.05, 3.63) is 17.0 Å². The quantitative estimate of drug-likeness (QED) is 0.750. The lowest BCUT2D eigenvalue weighted by atomic mass is 10.3. The minimum Gasteiger partial charge on any atom is -0.499 e. The predicted molar refractivity (Wildman–Crippen MR) is 52.8 cm³/mol. The number of aliphatic hydroxyl groups is 1. The second-order valence-corrected chi connectivity index (χ2v) is 4.65. The zero-order valence-electron chi connectivity index (χ0n) is 6.48. The summed E-state index contributed by atoms with van der Waals surface area (Å²) in [6, 6.07) is 3.32. The fourth-order valence-corrected chi connectivity index (χ4v) is 3.10. The van der Waals surface area contributed by atoms with Crippen LogP contribution in [0, 0.1) is 0 Å². The van der Waals surface area contributed by atoms with Crippen molar-refractivity contribution >= 4 is 37.9 Å². The van der Waals surface area contributed by atoms with Crippen molar-refractivity contribution in [1.82, 2.24) is 0 Å². The van der Waals surface area contributed by atoms with Crippen LogP contribution in [0.1, 0.15) is 9.67 Å². The maximum Gasteiger partial charge on any atom is 0.198 e. The minimum absolute atomic E-state index is 0.254. The first-order chi connectivity index (χ1) is 6.20. The number of thiophene rings is 2. The summed E-state index contributed by atoms with van der Waals surface area (Å²) in [6.45, 7) is -0.459. The average Bonchev–Trinajstić information content (AvgIpc) is 2.59. The van der Waals surface area contributed by atoms with Crippen LogP contribution in [0.15, 0.2) is 12.1 Å². The van der Waals surface area contributed by atoms with Crippen LogP contribution >= 0.6 is 22.7 Å². The maximum absolute atomic E-state index is 11.1. The molecule has 13 heavy (non-hydrogen) atoms. The van der Waals surface area contributed by atoms with Gasteiger partial charge in [-0.2, -0.15) is 0 Å². The molecule has 0 aliphatic rings. The highest BCUT2D eigenvalue weighted by atomic mass is 32.1. The van der Waals surface area contributed by atoms with Crippen molar-refractivity contribution < 1.29 is 15.0 Å². The van der Waals surface area contributed by atoms with Crippen LogP contribution in [0.4, 0.5) is 0 Å². The first-order valence-corrected chi connectivity index (χ1v) is 5.20. The van der Waals surface area contributed by atoms with Crippen molar-refractivity contribution in [3.8, 4) is 5.06 Å². The fraction of sp³-hybridized carbons (Fsp3) is 0.125. The topological polar surface area (TPSA) is 57.5 Å². The molecule has 0 fully saturated rings. The summed E-state index contributed by atoms with van der Waals surface area (Å²) in [5.41, 5.74) is 0. The van der Waals surface area contributed by atoms with E-state index >= 15 is 0 Å². The number of aromatic hydroxyl groups is 1. The van der Waals surface area contributed by atoms with E-state index in [0.717, 1.165) is 9.40 Å². The van der Waals surface area contributed by atoms with E-state index < -0.39 is 6.61 Å². The molecule has 0 aromatic carbocycles. The molecule has 68 valence electrons. The number of hydrogen-bond donors (Lipinski definition) is 2. The van der Waals surface area contributed by atoms with Crippen molar-refractivity contribution in [2.24, 2.45) is 0 Å². The number of hydrogen-bond acceptors (Lipinski definition) is 5. The number of fused-ring (bicyclic) bond motifs is 1. The van der Waals surface area contributed by atoms with Crippen LogP contribution in [-0.4, -0.2) is 22.6 Å². The van der Waals surface area contributed by atoms with Crippen molar-refractivity contribution in [1.29, 1.82) is 0 Å². The molecular formula is C8H6O3S2. The maximum atomic E-state index is 11.1. The molecule has 2 N–H and O–H groups in total. The molecule has 2 aromatic heterocycles. The molecule has 0 spiro atoms. The summed E-state index contributed by atoms with van der Waals surface area (Å²) in [7, 11) is 0. The van der Waals surface area contributed by atoms with Gasteiger partial charge in [-0.1, -0.05) is 11.3 Å². The predicted octanol–water partition coefficient (Wildman–Crippen LogP) is 1.84. The van der Waals surface area contributed by atoms with Gasteiger partial charge in [-0.05, 0) is 6.07 Å². The lowest BCUT2D eigenvalue weighted by Crippen LogP contribution is -2.00. The zero-order chi connectivity index (χ0) is 9.42. The molecule has 0 amide bonds.